The number of nitrogens with zero attached hydrogens (tertiary/aromatic N) is 3. The minimum Gasteiger partial charge on any atom is -0.339 e. The second kappa shape index (κ2) is 7.50. The molecular weight excluding hydrogens is 366 g/mol. The van der Waals surface area contributed by atoms with Crippen molar-refractivity contribution in [2.24, 2.45) is 5.92 Å². The lowest BCUT2D eigenvalue weighted by Gasteiger charge is -2.36. The number of hydrogen-bond donors (Lipinski definition) is 0. The highest BCUT2D eigenvalue weighted by Crippen LogP contribution is 2.27. The van der Waals surface area contributed by atoms with Crippen LogP contribution < -0.4 is 0 Å². The van der Waals surface area contributed by atoms with Crippen LogP contribution in [-0.2, 0) is 9.59 Å². The summed E-state index contributed by atoms with van der Waals surface area (Å²) in [6, 6.07) is 7.00. The van der Waals surface area contributed by atoms with Gasteiger partial charge in [0.05, 0.1) is 16.5 Å². The summed E-state index contributed by atoms with van der Waals surface area (Å²) in [6.07, 6.45) is 0.273. The van der Waals surface area contributed by atoms with Crippen molar-refractivity contribution in [2.75, 3.05) is 32.7 Å². The quantitative estimate of drug-likeness (QED) is 0.777. The van der Waals surface area contributed by atoms with Crippen molar-refractivity contribution >= 4 is 29.3 Å². The molecule has 2 fully saturated rings. The SMILES string of the molecule is CC(C)(C)N1CC(C(=O)N2CCN(C(=O)c3ccccc3Cl)CC2)CC1=O. The van der Waals surface area contributed by atoms with Crippen molar-refractivity contribution in [1.82, 2.24) is 14.7 Å². The summed E-state index contributed by atoms with van der Waals surface area (Å²) >= 11 is 6.12. The van der Waals surface area contributed by atoms with Gasteiger partial charge in [0.15, 0.2) is 0 Å². The van der Waals surface area contributed by atoms with Crippen LogP contribution in [0.2, 0.25) is 5.02 Å². The zero-order chi connectivity index (χ0) is 19.8. The van der Waals surface area contributed by atoms with Gasteiger partial charge in [-0.2, -0.15) is 0 Å². The Balaban J connectivity index is 1.58. The number of amides is 3. The van der Waals surface area contributed by atoms with Crippen molar-refractivity contribution in [3.63, 3.8) is 0 Å². The molecule has 146 valence electrons. The molecule has 2 saturated heterocycles. The molecule has 2 heterocycles. The fourth-order valence-corrected chi connectivity index (χ4v) is 3.93. The van der Waals surface area contributed by atoms with E-state index in [9.17, 15) is 14.4 Å². The number of piperazine rings is 1. The zero-order valence-electron chi connectivity index (χ0n) is 16.1. The van der Waals surface area contributed by atoms with Crippen LogP contribution in [0.15, 0.2) is 24.3 Å². The van der Waals surface area contributed by atoms with E-state index >= 15 is 0 Å². The summed E-state index contributed by atoms with van der Waals surface area (Å²) in [5, 5.41) is 0.438. The Labute approximate surface area is 165 Å². The predicted molar refractivity (Wildman–Crippen MR) is 104 cm³/mol. The number of hydrogen-bond acceptors (Lipinski definition) is 3. The molecule has 0 spiro atoms. The standard InChI is InChI=1S/C20H26ClN3O3/c1-20(2,3)24-13-14(12-17(24)25)18(26)22-8-10-23(11-9-22)19(27)15-6-4-5-7-16(15)21/h4-7,14H,8-13H2,1-3H3. The van der Waals surface area contributed by atoms with Gasteiger partial charge in [-0.1, -0.05) is 23.7 Å². The lowest BCUT2D eigenvalue weighted by atomic mass is 10.1. The Bertz CT molecular complexity index is 751. The van der Waals surface area contributed by atoms with E-state index in [4.69, 9.17) is 11.6 Å². The first-order valence-corrected chi connectivity index (χ1v) is 9.69. The van der Waals surface area contributed by atoms with Gasteiger partial charge in [0.2, 0.25) is 11.8 Å². The normalized spacial score (nSPS) is 21.0. The highest BCUT2D eigenvalue weighted by molar-refractivity contribution is 6.33. The molecule has 2 aliphatic rings. The Kier molecular flexibility index (Phi) is 5.47. The van der Waals surface area contributed by atoms with Crippen molar-refractivity contribution in [3.05, 3.63) is 34.9 Å². The minimum atomic E-state index is -0.289. The van der Waals surface area contributed by atoms with Crippen LogP contribution in [0.4, 0.5) is 0 Å². The first-order chi connectivity index (χ1) is 12.7. The summed E-state index contributed by atoms with van der Waals surface area (Å²) in [6.45, 7) is 8.33. The third-order valence-corrected chi connectivity index (χ3v) is 5.60. The van der Waals surface area contributed by atoms with Gasteiger partial charge in [-0.3, -0.25) is 14.4 Å². The number of halogens is 1. The molecule has 1 unspecified atom stereocenters. The molecule has 0 aliphatic carbocycles. The number of benzene rings is 1. The Hall–Kier alpha value is -2.08. The number of rotatable bonds is 2. The van der Waals surface area contributed by atoms with Crippen molar-refractivity contribution in [3.8, 4) is 0 Å². The number of likely N-dealkylation sites (tertiary alicyclic amines) is 1. The molecule has 1 atom stereocenters. The Morgan fingerprint density at radius 1 is 1.04 bits per heavy atom. The number of carbonyl (C=O) groups is 3. The molecule has 1 aromatic carbocycles. The topological polar surface area (TPSA) is 60.9 Å². The van der Waals surface area contributed by atoms with Crippen molar-refractivity contribution in [2.45, 2.75) is 32.7 Å². The zero-order valence-corrected chi connectivity index (χ0v) is 16.8. The average Bonchev–Trinajstić information content (AvgIpc) is 3.03. The first-order valence-electron chi connectivity index (χ1n) is 9.31. The fraction of sp³-hybridized carbons (Fsp3) is 0.550. The molecule has 27 heavy (non-hydrogen) atoms. The number of carbonyl (C=O) groups excluding carboxylic acids is 3. The summed E-state index contributed by atoms with van der Waals surface area (Å²) in [4.78, 5) is 43.0. The van der Waals surface area contributed by atoms with E-state index in [-0.39, 0.29) is 35.6 Å². The van der Waals surface area contributed by atoms with Crippen LogP contribution in [0.5, 0.6) is 0 Å². The molecule has 7 heteroatoms. The highest BCUT2D eigenvalue weighted by atomic mass is 35.5. The monoisotopic (exact) mass is 391 g/mol. The Morgan fingerprint density at radius 3 is 2.19 bits per heavy atom. The molecule has 1 aromatic rings. The predicted octanol–water partition coefficient (Wildman–Crippen LogP) is 2.27. The van der Waals surface area contributed by atoms with E-state index in [1.54, 1.807) is 39.0 Å². The fourth-order valence-electron chi connectivity index (χ4n) is 3.71. The molecular formula is C20H26ClN3O3. The van der Waals surface area contributed by atoms with Crippen LogP contribution in [0, 0.1) is 5.92 Å². The maximum atomic E-state index is 12.8. The average molecular weight is 392 g/mol. The Morgan fingerprint density at radius 2 is 1.63 bits per heavy atom. The summed E-state index contributed by atoms with van der Waals surface area (Å²) in [5.74, 6) is -0.349. The van der Waals surface area contributed by atoms with Gasteiger partial charge in [-0.15, -0.1) is 0 Å². The summed E-state index contributed by atoms with van der Waals surface area (Å²) in [7, 11) is 0. The van der Waals surface area contributed by atoms with Gasteiger partial charge in [-0.25, -0.2) is 0 Å². The van der Waals surface area contributed by atoms with E-state index in [0.717, 1.165) is 0 Å². The minimum absolute atomic E-state index is 0.0138. The molecule has 2 aliphatic heterocycles. The molecule has 6 nitrogen and oxygen atoms in total. The van der Waals surface area contributed by atoms with Crippen LogP contribution in [0.1, 0.15) is 37.6 Å². The molecule has 0 saturated carbocycles. The maximum Gasteiger partial charge on any atom is 0.255 e. The molecule has 0 radical (unpaired) electrons. The third-order valence-electron chi connectivity index (χ3n) is 5.27. The van der Waals surface area contributed by atoms with Gasteiger partial charge >= 0.3 is 0 Å². The third kappa shape index (κ3) is 4.10. The van der Waals surface area contributed by atoms with E-state index < -0.39 is 0 Å². The van der Waals surface area contributed by atoms with E-state index in [2.05, 4.69) is 0 Å². The second-order valence-electron chi connectivity index (χ2n) is 8.17. The molecule has 0 aromatic heterocycles. The van der Waals surface area contributed by atoms with Gasteiger partial charge in [0.25, 0.3) is 5.91 Å². The molecule has 3 amide bonds. The van der Waals surface area contributed by atoms with Crippen molar-refractivity contribution < 1.29 is 14.4 Å². The molecule has 3 rings (SSSR count). The van der Waals surface area contributed by atoms with Crippen LogP contribution in [0.3, 0.4) is 0 Å². The van der Waals surface area contributed by atoms with Gasteiger partial charge < -0.3 is 14.7 Å². The summed E-state index contributed by atoms with van der Waals surface area (Å²) < 4.78 is 0. The van der Waals surface area contributed by atoms with E-state index in [0.29, 0.717) is 43.3 Å². The van der Waals surface area contributed by atoms with E-state index in [1.165, 1.54) is 0 Å². The van der Waals surface area contributed by atoms with Gasteiger partial charge in [0, 0.05) is 44.7 Å². The smallest absolute Gasteiger partial charge is 0.255 e. The van der Waals surface area contributed by atoms with Crippen molar-refractivity contribution in [1.29, 1.82) is 0 Å². The summed E-state index contributed by atoms with van der Waals surface area (Å²) in [5.41, 5.74) is 0.216. The van der Waals surface area contributed by atoms with Gasteiger partial charge in [0.1, 0.15) is 0 Å². The molecule has 0 N–H and O–H groups in total. The lowest BCUT2D eigenvalue weighted by molar-refractivity contribution is -0.137. The van der Waals surface area contributed by atoms with E-state index in [1.807, 2.05) is 20.8 Å². The van der Waals surface area contributed by atoms with Crippen LogP contribution in [-0.4, -0.2) is 70.7 Å². The molecule has 0 bridgehead atoms. The second-order valence-corrected chi connectivity index (χ2v) is 8.58. The first kappa shape index (κ1) is 19.7. The van der Waals surface area contributed by atoms with Crippen LogP contribution >= 0.6 is 11.6 Å². The van der Waals surface area contributed by atoms with Gasteiger partial charge in [-0.05, 0) is 32.9 Å². The largest absolute Gasteiger partial charge is 0.339 e. The van der Waals surface area contributed by atoms with Crippen LogP contribution in [0.25, 0.3) is 0 Å². The lowest BCUT2D eigenvalue weighted by Crippen LogP contribution is -2.52. The maximum absolute atomic E-state index is 12.8. The highest BCUT2D eigenvalue weighted by Gasteiger charge is 2.41.